The van der Waals surface area contributed by atoms with E-state index < -0.39 is 6.10 Å². The Kier molecular flexibility index (Phi) is 3.69. The van der Waals surface area contributed by atoms with Gasteiger partial charge in [-0.1, -0.05) is 17.7 Å². The number of β-amino-alcohol motifs (C(OH)–C–C–N with tert-alkyl or cyclic N) is 1. The number of aryl methyl sites for hydroxylation is 1. The maximum atomic E-state index is 12.2. The van der Waals surface area contributed by atoms with E-state index in [0.29, 0.717) is 23.7 Å². The summed E-state index contributed by atoms with van der Waals surface area (Å²) in [4.78, 5) is 13.9. The van der Waals surface area contributed by atoms with Crippen LogP contribution in [0.1, 0.15) is 28.8 Å². The maximum absolute atomic E-state index is 12.2. The summed E-state index contributed by atoms with van der Waals surface area (Å²) < 4.78 is 0. The van der Waals surface area contributed by atoms with Gasteiger partial charge in [-0.3, -0.25) is 4.79 Å². The van der Waals surface area contributed by atoms with Crippen molar-refractivity contribution < 1.29 is 9.90 Å². The summed E-state index contributed by atoms with van der Waals surface area (Å²) in [6.07, 6.45) is 1.24. The number of carbonyl (C=O) groups excluding carboxylic acids is 1. The lowest BCUT2D eigenvalue weighted by molar-refractivity contribution is 0.0474. The predicted molar refractivity (Wildman–Crippen MR) is 67.3 cm³/mol. The molecule has 0 spiro atoms. The molecular formula is C13H16ClNO2. The van der Waals surface area contributed by atoms with Gasteiger partial charge >= 0.3 is 0 Å². The van der Waals surface area contributed by atoms with Crippen molar-refractivity contribution in [2.24, 2.45) is 0 Å². The smallest absolute Gasteiger partial charge is 0.253 e. The Morgan fingerprint density at radius 2 is 2.29 bits per heavy atom. The molecule has 0 bridgehead atoms. The molecule has 1 heterocycles. The molecule has 1 N–H and O–H groups in total. The molecule has 0 radical (unpaired) electrons. The van der Waals surface area contributed by atoms with Gasteiger partial charge < -0.3 is 10.0 Å². The van der Waals surface area contributed by atoms with Crippen molar-refractivity contribution in [3.63, 3.8) is 0 Å². The van der Waals surface area contributed by atoms with Gasteiger partial charge in [0.1, 0.15) is 0 Å². The second kappa shape index (κ2) is 5.07. The summed E-state index contributed by atoms with van der Waals surface area (Å²) >= 11 is 6.01. The van der Waals surface area contributed by atoms with Crippen LogP contribution >= 0.6 is 11.6 Å². The number of halogens is 1. The first-order chi connectivity index (χ1) is 8.08. The summed E-state index contributed by atoms with van der Waals surface area (Å²) in [6, 6.07) is 5.32. The van der Waals surface area contributed by atoms with Crippen LogP contribution in [0.25, 0.3) is 0 Å². The molecule has 1 amide bonds. The maximum Gasteiger partial charge on any atom is 0.253 e. The van der Waals surface area contributed by atoms with Crippen molar-refractivity contribution in [2.75, 3.05) is 13.1 Å². The molecule has 92 valence electrons. The normalized spacial score (nSPS) is 20.4. The van der Waals surface area contributed by atoms with Crippen molar-refractivity contribution in [3.05, 3.63) is 34.3 Å². The van der Waals surface area contributed by atoms with Gasteiger partial charge in [-0.05, 0) is 37.5 Å². The zero-order valence-corrected chi connectivity index (χ0v) is 10.6. The minimum atomic E-state index is -0.395. The molecule has 1 aliphatic heterocycles. The third-order valence-corrected chi connectivity index (χ3v) is 3.51. The van der Waals surface area contributed by atoms with Crippen molar-refractivity contribution in [3.8, 4) is 0 Å². The molecule has 1 aliphatic rings. The number of aliphatic hydroxyl groups excluding tert-OH is 1. The number of nitrogens with zero attached hydrogens (tertiary/aromatic N) is 1. The summed E-state index contributed by atoms with van der Waals surface area (Å²) in [5, 5.41) is 10.2. The Labute approximate surface area is 106 Å². The van der Waals surface area contributed by atoms with Crippen molar-refractivity contribution in [1.29, 1.82) is 0 Å². The highest BCUT2D eigenvalue weighted by Crippen LogP contribution is 2.19. The number of hydrogen-bond donors (Lipinski definition) is 1. The number of aliphatic hydroxyl groups is 1. The molecule has 0 aromatic heterocycles. The van der Waals surface area contributed by atoms with Crippen molar-refractivity contribution in [1.82, 2.24) is 4.90 Å². The number of carbonyl (C=O) groups is 1. The lowest BCUT2D eigenvalue weighted by atomic mass is 10.1. The first-order valence-electron chi connectivity index (χ1n) is 5.81. The molecule has 0 aliphatic carbocycles. The van der Waals surface area contributed by atoms with Crippen LogP contribution in [0.4, 0.5) is 0 Å². The van der Waals surface area contributed by atoms with E-state index in [4.69, 9.17) is 11.6 Å². The Hall–Kier alpha value is -1.06. The third kappa shape index (κ3) is 2.79. The van der Waals surface area contributed by atoms with E-state index in [1.165, 1.54) is 0 Å². The van der Waals surface area contributed by atoms with Crippen LogP contribution in [0.5, 0.6) is 0 Å². The van der Waals surface area contributed by atoms with E-state index in [1.54, 1.807) is 17.0 Å². The van der Waals surface area contributed by atoms with Gasteiger partial charge in [0.2, 0.25) is 0 Å². The first-order valence-corrected chi connectivity index (χ1v) is 6.19. The molecular weight excluding hydrogens is 238 g/mol. The molecule has 17 heavy (non-hydrogen) atoms. The van der Waals surface area contributed by atoms with Gasteiger partial charge in [-0.15, -0.1) is 0 Å². The number of rotatable bonds is 1. The van der Waals surface area contributed by atoms with E-state index in [-0.39, 0.29) is 5.91 Å². The van der Waals surface area contributed by atoms with Crippen molar-refractivity contribution in [2.45, 2.75) is 25.9 Å². The van der Waals surface area contributed by atoms with E-state index in [1.807, 2.05) is 13.0 Å². The van der Waals surface area contributed by atoms with E-state index in [9.17, 15) is 9.90 Å². The topological polar surface area (TPSA) is 40.5 Å². The Bertz CT molecular complexity index is 433. The quantitative estimate of drug-likeness (QED) is 0.834. The minimum absolute atomic E-state index is 0.0503. The molecule has 1 fully saturated rings. The van der Waals surface area contributed by atoms with Crippen LogP contribution < -0.4 is 0 Å². The van der Waals surface area contributed by atoms with E-state index in [0.717, 1.165) is 18.4 Å². The summed E-state index contributed by atoms with van der Waals surface area (Å²) in [6.45, 7) is 3.03. The molecule has 3 nitrogen and oxygen atoms in total. The first kappa shape index (κ1) is 12.4. The summed E-state index contributed by atoms with van der Waals surface area (Å²) in [7, 11) is 0. The van der Waals surface area contributed by atoms with Gasteiger partial charge in [-0.25, -0.2) is 0 Å². The summed E-state index contributed by atoms with van der Waals surface area (Å²) in [5.41, 5.74) is 1.55. The second-order valence-electron chi connectivity index (χ2n) is 4.51. The van der Waals surface area contributed by atoms with E-state index >= 15 is 0 Å². The number of piperidine rings is 1. The highest BCUT2D eigenvalue weighted by atomic mass is 35.5. The van der Waals surface area contributed by atoms with Crippen LogP contribution in [-0.2, 0) is 0 Å². The van der Waals surface area contributed by atoms with Crippen LogP contribution in [0.2, 0.25) is 5.02 Å². The lowest BCUT2D eigenvalue weighted by Gasteiger charge is -2.30. The van der Waals surface area contributed by atoms with Gasteiger partial charge in [-0.2, -0.15) is 0 Å². The van der Waals surface area contributed by atoms with Crippen LogP contribution in [-0.4, -0.2) is 35.1 Å². The molecule has 1 atom stereocenters. The molecule has 1 saturated heterocycles. The molecule has 1 aromatic rings. The van der Waals surface area contributed by atoms with Gasteiger partial charge in [0.25, 0.3) is 5.91 Å². The van der Waals surface area contributed by atoms with Gasteiger partial charge in [0.05, 0.1) is 6.10 Å². The molecule has 0 saturated carbocycles. The number of hydrogen-bond acceptors (Lipinski definition) is 2. The van der Waals surface area contributed by atoms with Crippen LogP contribution in [0.3, 0.4) is 0 Å². The standard InChI is InChI=1S/C13H16ClNO2/c1-9-4-5-10(7-12(9)14)13(17)15-6-2-3-11(16)8-15/h4-5,7,11,16H,2-3,6,8H2,1H3. The molecule has 4 heteroatoms. The predicted octanol–water partition coefficient (Wildman–Crippen LogP) is 2.25. The average Bonchev–Trinajstić information content (AvgIpc) is 2.32. The summed E-state index contributed by atoms with van der Waals surface area (Å²) in [5.74, 6) is -0.0503. The molecule has 1 aromatic carbocycles. The molecule has 1 unspecified atom stereocenters. The zero-order chi connectivity index (χ0) is 12.4. The van der Waals surface area contributed by atoms with E-state index in [2.05, 4.69) is 0 Å². The molecule has 2 rings (SSSR count). The highest BCUT2D eigenvalue weighted by molar-refractivity contribution is 6.31. The fraction of sp³-hybridized carbons (Fsp3) is 0.462. The fourth-order valence-corrected chi connectivity index (χ4v) is 2.23. The third-order valence-electron chi connectivity index (χ3n) is 3.10. The van der Waals surface area contributed by atoms with Crippen molar-refractivity contribution >= 4 is 17.5 Å². The Morgan fingerprint density at radius 3 is 2.94 bits per heavy atom. The fourth-order valence-electron chi connectivity index (χ4n) is 2.05. The number of likely N-dealkylation sites (tertiary alicyclic amines) is 1. The monoisotopic (exact) mass is 253 g/mol. The zero-order valence-electron chi connectivity index (χ0n) is 9.82. The average molecular weight is 254 g/mol. The van der Waals surface area contributed by atoms with Crippen LogP contribution in [0.15, 0.2) is 18.2 Å². The van der Waals surface area contributed by atoms with Crippen LogP contribution in [0, 0.1) is 6.92 Å². The number of amides is 1. The van der Waals surface area contributed by atoms with Gasteiger partial charge in [0.15, 0.2) is 0 Å². The lowest BCUT2D eigenvalue weighted by Crippen LogP contribution is -2.42. The Morgan fingerprint density at radius 1 is 1.53 bits per heavy atom. The Balaban J connectivity index is 2.15. The highest BCUT2D eigenvalue weighted by Gasteiger charge is 2.23. The largest absolute Gasteiger partial charge is 0.391 e. The SMILES string of the molecule is Cc1ccc(C(=O)N2CCCC(O)C2)cc1Cl. The minimum Gasteiger partial charge on any atom is -0.391 e. The number of benzene rings is 1. The van der Waals surface area contributed by atoms with Gasteiger partial charge in [0, 0.05) is 23.7 Å². The second-order valence-corrected chi connectivity index (χ2v) is 4.92.